The van der Waals surface area contributed by atoms with E-state index in [2.05, 4.69) is 5.32 Å². The molecule has 0 radical (unpaired) electrons. The average Bonchev–Trinajstić information content (AvgIpc) is 2.69. The molecular formula is C24H32N2O4S. The highest BCUT2D eigenvalue weighted by molar-refractivity contribution is 7.92. The summed E-state index contributed by atoms with van der Waals surface area (Å²) in [4.78, 5) is 12.6. The number of methoxy groups -OCH3 is 1. The van der Waals surface area contributed by atoms with Gasteiger partial charge in [-0.25, -0.2) is 8.42 Å². The normalized spacial score (nSPS) is 15.8. The fraction of sp³-hybridized carbons (Fsp3) is 0.458. The summed E-state index contributed by atoms with van der Waals surface area (Å²) in [6.07, 6.45) is 4.84. The molecule has 0 spiro atoms. The van der Waals surface area contributed by atoms with Gasteiger partial charge in [-0.2, -0.15) is 0 Å². The maximum Gasteiger partial charge on any atom is 0.232 e. The molecule has 0 heterocycles. The molecule has 2 aromatic rings. The third-order valence-electron chi connectivity index (χ3n) is 5.66. The summed E-state index contributed by atoms with van der Waals surface area (Å²) in [5, 5.41) is 3.14. The second kappa shape index (κ2) is 9.73. The molecule has 6 nitrogen and oxygen atoms in total. The smallest absolute Gasteiger partial charge is 0.232 e. The number of nitrogens with one attached hydrogen (secondary N) is 1. The minimum absolute atomic E-state index is 0.00686. The number of sulfonamides is 1. The molecule has 1 aliphatic carbocycles. The van der Waals surface area contributed by atoms with Gasteiger partial charge < -0.3 is 10.1 Å². The number of amides is 1. The van der Waals surface area contributed by atoms with E-state index in [1.54, 1.807) is 7.11 Å². The molecule has 168 valence electrons. The van der Waals surface area contributed by atoms with E-state index in [-0.39, 0.29) is 24.9 Å². The maximum atomic E-state index is 12.6. The Balaban J connectivity index is 1.62. The number of hydrogen-bond donors (Lipinski definition) is 1. The average molecular weight is 445 g/mol. The SMILES string of the molecule is COc1ccc2c(c1)CCCC2NC(=O)CCCN(c1cc(C)cc(C)c1)S(C)(=O)=O. The van der Waals surface area contributed by atoms with E-state index in [9.17, 15) is 13.2 Å². The fourth-order valence-electron chi connectivity index (χ4n) is 4.30. The number of carbonyl (C=O) groups is 1. The Morgan fingerprint density at radius 3 is 2.52 bits per heavy atom. The quantitative estimate of drug-likeness (QED) is 0.666. The lowest BCUT2D eigenvalue weighted by Gasteiger charge is -2.27. The Kier molecular flexibility index (Phi) is 7.26. The number of anilines is 1. The topological polar surface area (TPSA) is 75.7 Å². The number of rotatable bonds is 8. The zero-order chi connectivity index (χ0) is 22.6. The first-order valence-electron chi connectivity index (χ1n) is 10.7. The van der Waals surface area contributed by atoms with Gasteiger partial charge >= 0.3 is 0 Å². The summed E-state index contributed by atoms with van der Waals surface area (Å²) in [5.41, 5.74) is 5.03. The van der Waals surface area contributed by atoms with E-state index >= 15 is 0 Å². The van der Waals surface area contributed by atoms with E-state index < -0.39 is 10.0 Å². The van der Waals surface area contributed by atoms with Crippen molar-refractivity contribution in [2.75, 3.05) is 24.2 Å². The van der Waals surface area contributed by atoms with E-state index in [0.29, 0.717) is 12.1 Å². The molecule has 7 heteroatoms. The van der Waals surface area contributed by atoms with Crippen molar-refractivity contribution < 1.29 is 17.9 Å². The van der Waals surface area contributed by atoms with E-state index in [1.165, 1.54) is 16.1 Å². The van der Waals surface area contributed by atoms with Gasteiger partial charge in [-0.05, 0) is 86.1 Å². The van der Waals surface area contributed by atoms with Gasteiger partial charge in [0.1, 0.15) is 5.75 Å². The Morgan fingerprint density at radius 1 is 1.16 bits per heavy atom. The second-order valence-electron chi connectivity index (χ2n) is 8.36. The van der Waals surface area contributed by atoms with Crippen molar-refractivity contribution in [2.24, 2.45) is 0 Å². The van der Waals surface area contributed by atoms with Gasteiger partial charge in [0.15, 0.2) is 0 Å². The fourth-order valence-corrected chi connectivity index (χ4v) is 5.25. The van der Waals surface area contributed by atoms with Crippen LogP contribution in [0.1, 0.15) is 54.0 Å². The van der Waals surface area contributed by atoms with Crippen LogP contribution in [0.25, 0.3) is 0 Å². The zero-order valence-electron chi connectivity index (χ0n) is 18.8. The molecule has 1 unspecified atom stereocenters. The van der Waals surface area contributed by atoms with Crippen LogP contribution >= 0.6 is 0 Å². The molecule has 0 aliphatic heterocycles. The standard InChI is InChI=1S/C24H32N2O4S/c1-17-13-18(2)15-20(14-17)26(31(4,28)29)12-6-9-24(27)25-23-8-5-7-19-16-21(30-3)10-11-22(19)23/h10-11,13-16,23H,5-9,12H2,1-4H3,(H,25,27). The molecule has 1 N–H and O–H groups in total. The van der Waals surface area contributed by atoms with Gasteiger partial charge in [-0.3, -0.25) is 9.10 Å². The lowest BCUT2D eigenvalue weighted by atomic mass is 9.87. The predicted octanol–water partition coefficient (Wildman–Crippen LogP) is 4.05. The Morgan fingerprint density at radius 2 is 1.87 bits per heavy atom. The molecule has 1 amide bonds. The lowest BCUT2D eigenvalue weighted by molar-refractivity contribution is -0.122. The molecule has 3 rings (SSSR count). The van der Waals surface area contributed by atoms with Crippen LogP contribution in [0, 0.1) is 13.8 Å². The Labute approximate surface area is 185 Å². The van der Waals surface area contributed by atoms with Gasteiger partial charge in [0.25, 0.3) is 0 Å². The summed E-state index contributed by atoms with van der Waals surface area (Å²) in [5.74, 6) is 0.778. The Bertz CT molecular complexity index is 1030. The monoisotopic (exact) mass is 444 g/mol. The molecular weight excluding hydrogens is 412 g/mol. The van der Waals surface area contributed by atoms with Gasteiger partial charge in [0.05, 0.1) is 25.1 Å². The first-order valence-corrected chi connectivity index (χ1v) is 12.5. The van der Waals surface area contributed by atoms with Gasteiger partial charge in [0.2, 0.25) is 15.9 Å². The number of carbonyl (C=O) groups excluding carboxylic acids is 1. The molecule has 1 aliphatic rings. The van der Waals surface area contributed by atoms with Crippen LogP contribution in [0.15, 0.2) is 36.4 Å². The summed E-state index contributed by atoms with van der Waals surface area (Å²) in [6, 6.07) is 11.7. The van der Waals surface area contributed by atoms with Crippen molar-refractivity contribution in [1.82, 2.24) is 5.32 Å². The van der Waals surface area contributed by atoms with E-state index in [0.717, 1.165) is 41.7 Å². The predicted molar refractivity (Wildman–Crippen MR) is 124 cm³/mol. The van der Waals surface area contributed by atoms with Crippen LogP contribution in [0.2, 0.25) is 0 Å². The van der Waals surface area contributed by atoms with Gasteiger partial charge in [0, 0.05) is 13.0 Å². The Hall–Kier alpha value is -2.54. The van der Waals surface area contributed by atoms with Crippen LogP contribution in [0.4, 0.5) is 5.69 Å². The van der Waals surface area contributed by atoms with Crippen LogP contribution in [0.5, 0.6) is 5.75 Å². The number of hydrogen-bond acceptors (Lipinski definition) is 4. The number of benzene rings is 2. The maximum absolute atomic E-state index is 12.6. The molecule has 2 aromatic carbocycles. The van der Waals surface area contributed by atoms with Crippen LogP contribution in [-0.4, -0.2) is 34.2 Å². The van der Waals surface area contributed by atoms with Crippen LogP contribution in [0.3, 0.4) is 0 Å². The van der Waals surface area contributed by atoms with Crippen molar-refractivity contribution in [3.63, 3.8) is 0 Å². The highest BCUT2D eigenvalue weighted by Gasteiger charge is 2.23. The highest BCUT2D eigenvalue weighted by atomic mass is 32.2. The molecule has 31 heavy (non-hydrogen) atoms. The first-order chi connectivity index (χ1) is 14.7. The highest BCUT2D eigenvalue weighted by Crippen LogP contribution is 2.32. The van der Waals surface area contributed by atoms with Crippen molar-refractivity contribution >= 4 is 21.6 Å². The molecule has 0 bridgehead atoms. The van der Waals surface area contributed by atoms with Gasteiger partial charge in [-0.1, -0.05) is 12.1 Å². The second-order valence-corrected chi connectivity index (χ2v) is 10.3. The summed E-state index contributed by atoms with van der Waals surface area (Å²) in [7, 11) is -1.78. The summed E-state index contributed by atoms with van der Waals surface area (Å²) < 4.78 is 31.4. The number of aryl methyl sites for hydroxylation is 3. The van der Waals surface area contributed by atoms with E-state index in [1.807, 2.05) is 50.2 Å². The third-order valence-corrected chi connectivity index (χ3v) is 6.85. The summed E-state index contributed by atoms with van der Waals surface area (Å²) in [6.45, 7) is 4.16. The molecule has 0 aromatic heterocycles. The van der Waals surface area contributed by atoms with Crippen molar-refractivity contribution in [3.05, 3.63) is 58.7 Å². The van der Waals surface area contributed by atoms with Gasteiger partial charge in [-0.15, -0.1) is 0 Å². The molecule has 0 saturated heterocycles. The van der Waals surface area contributed by atoms with Crippen LogP contribution in [-0.2, 0) is 21.2 Å². The number of nitrogens with zero attached hydrogens (tertiary/aromatic N) is 1. The number of ether oxygens (including phenoxy) is 1. The zero-order valence-corrected chi connectivity index (χ0v) is 19.6. The lowest BCUT2D eigenvalue weighted by Crippen LogP contribution is -2.33. The molecule has 0 saturated carbocycles. The molecule has 0 fully saturated rings. The number of fused-ring (bicyclic) bond motifs is 1. The summed E-state index contributed by atoms with van der Waals surface area (Å²) >= 11 is 0. The van der Waals surface area contributed by atoms with Crippen molar-refractivity contribution in [2.45, 2.75) is 52.0 Å². The van der Waals surface area contributed by atoms with Crippen LogP contribution < -0.4 is 14.4 Å². The van der Waals surface area contributed by atoms with Crippen molar-refractivity contribution in [3.8, 4) is 5.75 Å². The third kappa shape index (κ3) is 6.00. The first kappa shape index (κ1) is 23.1. The minimum Gasteiger partial charge on any atom is -0.497 e. The largest absolute Gasteiger partial charge is 0.497 e. The molecule has 1 atom stereocenters. The minimum atomic E-state index is -3.43. The van der Waals surface area contributed by atoms with E-state index in [4.69, 9.17) is 4.74 Å². The van der Waals surface area contributed by atoms with Crippen molar-refractivity contribution in [1.29, 1.82) is 0 Å².